The Bertz CT molecular complexity index is 411. The van der Waals surface area contributed by atoms with Crippen molar-refractivity contribution >= 4 is 16.6 Å². The van der Waals surface area contributed by atoms with Crippen LogP contribution in [0.2, 0.25) is 0 Å². The summed E-state index contributed by atoms with van der Waals surface area (Å²) in [5, 5.41) is 0. The SMILES string of the molecule is C=Cn1cc[n+](C)c1.CCOS(=O)(=O)OC. The Morgan fingerprint density at radius 2 is 2.19 bits per heavy atom. The number of hydrogen-bond acceptors (Lipinski definition) is 4. The molecular weight excluding hydrogens is 232 g/mol. The Morgan fingerprint density at radius 1 is 1.56 bits per heavy atom. The van der Waals surface area contributed by atoms with Crippen molar-refractivity contribution in [3.8, 4) is 0 Å². The van der Waals surface area contributed by atoms with Gasteiger partial charge in [0.25, 0.3) is 0 Å². The van der Waals surface area contributed by atoms with Crippen LogP contribution < -0.4 is 4.57 Å². The molecule has 0 fully saturated rings. The molecular formula is C9H17N2O4S+. The molecule has 0 spiro atoms. The van der Waals surface area contributed by atoms with Crippen molar-refractivity contribution in [2.24, 2.45) is 7.05 Å². The number of rotatable bonds is 4. The zero-order chi connectivity index (χ0) is 12.6. The van der Waals surface area contributed by atoms with E-state index in [1.165, 1.54) is 0 Å². The molecule has 1 rings (SSSR count). The minimum absolute atomic E-state index is 0.107. The Morgan fingerprint density at radius 3 is 2.38 bits per heavy atom. The number of aryl methyl sites for hydroxylation is 1. The van der Waals surface area contributed by atoms with Crippen LogP contribution in [0.1, 0.15) is 6.92 Å². The molecule has 92 valence electrons. The third-order valence-corrected chi connectivity index (χ3v) is 2.40. The van der Waals surface area contributed by atoms with Gasteiger partial charge >= 0.3 is 10.4 Å². The highest BCUT2D eigenvalue weighted by Crippen LogP contribution is 1.89. The highest BCUT2D eigenvalue weighted by Gasteiger charge is 2.04. The molecule has 0 aliphatic rings. The lowest BCUT2D eigenvalue weighted by Gasteiger charge is -1.95. The van der Waals surface area contributed by atoms with Crippen LogP contribution in [0.4, 0.5) is 0 Å². The van der Waals surface area contributed by atoms with Crippen molar-refractivity contribution in [2.75, 3.05) is 13.7 Å². The first-order valence-corrected chi connectivity index (χ1v) is 5.88. The minimum Gasteiger partial charge on any atom is -0.252 e. The molecule has 0 saturated carbocycles. The van der Waals surface area contributed by atoms with E-state index in [1.807, 2.05) is 34.9 Å². The highest BCUT2D eigenvalue weighted by atomic mass is 32.3. The molecule has 1 aromatic heterocycles. The Hall–Kier alpha value is -1.18. The van der Waals surface area contributed by atoms with Crippen LogP contribution in [0, 0.1) is 0 Å². The van der Waals surface area contributed by atoms with Crippen molar-refractivity contribution in [1.82, 2.24) is 4.57 Å². The van der Waals surface area contributed by atoms with Crippen LogP contribution >= 0.6 is 0 Å². The molecule has 0 aliphatic heterocycles. The number of hydrogen-bond donors (Lipinski definition) is 0. The standard InChI is InChI=1S/C6H9N2.C3H8O4S/c1-3-8-5-4-7(2)6-8;1-3-7-8(4,5)6-2/h3-6H,1H2,2H3;3H2,1-2H3/q+1;. The van der Waals surface area contributed by atoms with Crippen molar-refractivity contribution in [1.29, 1.82) is 0 Å². The van der Waals surface area contributed by atoms with E-state index in [1.54, 1.807) is 13.1 Å². The number of aromatic nitrogens is 2. The topological polar surface area (TPSA) is 61.4 Å². The van der Waals surface area contributed by atoms with Crippen LogP contribution in [0.5, 0.6) is 0 Å². The van der Waals surface area contributed by atoms with Gasteiger partial charge in [-0.05, 0) is 6.92 Å². The molecule has 6 nitrogen and oxygen atoms in total. The summed E-state index contributed by atoms with van der Waals surface area (Å²) in [5.41, 5.74) is 0. The van der Waals surface area contributed by atoms with Crippen LogP contribution in [0.15, 0.2) is 25.3 Å². The summed E-state index contributed by atoms with van der Waals surface area (Å²) in [4.78, 5) is 0. The minimum atomic E-state index is -3.67. The van der Waals surface area contributed by atoms with E-state index in [4.69, 9.17) is 0 Å². The average Bonchev–Trinajstić information content (AvgIpc) is 2.65. The van der Waals surface area contributed by atoms with Gasteiger partial charge < -0.3 is 0 Å². The molecule has 0 unspecified atom stereocenters. The van der Waals surface area contributed by atoms with E-state index < -0.39 is 10.4 Å². The number of nitrogens with zero attached hydrogens (tertiary/aromatic N) is 2. The van der Waals surface area contributed by atoms with Gasteiger partial charge in [0.15, 0.2) is 0 Å². The van der Waals surface area contributed by atoms with E-state index in [-0.39, 0.29) is 6.61 Å². The van der Waals surface area contributed by atoms with Gasteiger partial charge in [-0.3, -0.25) is 4.18 Å². The van der Waals surface area contributed by atoms with Crippen LogP contribution in [-0.2, 0) is 25.8 Å². The van der Waals surface area contributed by atoms with E-state index in [0.717, 1.165) is 7.11 Å². The summed E-state index contributed by atoms with van der Waals surface area (Å²) in [6, 6.07) is 0. The second kappa shape index (κ2) is 7.15. The molecule has 0 aromatic carbocycles. The molecule has 0 saturated heterocycles. The lowest BCUT2D eigenvalue weighted by molar-refractivity contribution is -0.670. The van der Waals surface area contributed by atoms with Gasteiger partial charge in [-0.25, -0.2) is 13.3 Å². The molecule has 7 heteroatoms. The fraction of sp³-hybridized carbons (Fsp3) is 0.444. The van der Waals surface area contributed by atoms with Crippen molar-refractivity contribution in [3.05, 3.63) is 25.3 Å². The molecule has 1 heterocycles. The maximum absolute atomic E-state index is 10.2. The van der Waals surface area contributed by atoms with E-state index in [0.29, 0.717) is 0 Å². The lowest BCUT2D eigenvalue weighted by atomic mass is 10.8. The first kappa shape index (κ1) is 14.8. The largest absolute Gasteiger partial charge is 0.399 e. The van der Waals surface area contributed by atoms with Gasteiger partial charge in [0.1, 0.15) is 12.4 Å². The summed E-state index contributed by atoms with van der Waals surface area (Å²) in [7, 11) is -0.651. The van der Waals surface area contributed by atoms with Crippen LogP contribution in [-0.4, -0.2) is 26.7 Å². The van der Waals surface area contributed by atoms with Crippen molar-refractivity contribution in [2.45, 2.75) is 6.92 Å². The maximum Gasteiger partial charge on any atom is 0.399 e. The van der Waals surface area contributed by atoms with Gasteiger partial charge in [-0.15, -0.1) is 0 Å². The molecule has 0 atom stereocenters. The highest BCUT2D eigenvalue weighted by molar-refractivity contribution is 7.81. The van der Waals surface area contributed by atoms with E-state index in [2.05, 4.69) is 14.9 Å². The van der Waals surface area contributed by atoms with Gasteiger partial charge in [-0.1, -0.05) is 6.58 Å². The van der Waals surface area contributed by atoms with Gasteiger partial charge in [-0.2, -0.15) is 8.42 Å². The second-order valence-electron chi connectivity index (χ2n) is 2.69. The maximum atomic E-state index is 10.2. The third kappa shape index (κ3) is 6.33. The summed E-state index contributed by atoms with van der Waals surface area (Å²) < 4.78 is 32.2. The second-order valence-corrected chi connectivity index (χ2v) is 4.08. The molecule has 16 heavy (non-hydrogen) atoms. The van der Waals surface area contributed by atoms with Crippen molar-refractivity contribution in [3.63, 3.8) is 0 Å². The number of imidazole rings is 1. The molecule has 0 amide bonds. The summed E-state index contributed by atoms with van der Waals surface area (Å²) >= 11 is 0. The van der Waals surface area contributed by atoms with Gasteiger partial charge in [0.2, 0.25) is 6.33 Å². The monoisotopic (exact) mass is 249 g/mol. The molecule has 0 N–H and O–H groups in total. The summed E-state index contributed by atoms with van der Waals surface area (Å²) in [5.74, 6) is 0. The van der Waals surface area contributed by atoms with Crippen molar-refractivity contribution < 1.29 is 21.4 Å². The lowest BCUT2D eigenvalue weighted by Crippen LogP contribution is -2.23. The average molecular weight is 249 g/mol. The zero-order valence-electron chi connectivity index (χ0n) is 9.66. The first-order chi connectivity index (χ1) is 7.45. The Labute approximate surface area is 96.1 Å². The van der Waals surface area contributed by atoms with E-state index >= 15 is 0 Å². The molecule has 0 bridgehead atoms. The predicted octanol–water partition coefficient (Wildman–Crippen LogP) is 0.327. The smallest absolute Gasteiger partial charge is 0.252 e. The molecule has 0 radical (unpaired) electrons. The Kier molecular flexibility index (Phi) is 6.63. The molecule has 0 aliphatic carbocycles. The van der Waals surface area contributed by atoms with Crippen LogP contribution in [0.25, 0.3) is 6.20 Å². The third-order valence-electron chi connectivity index (χ3n) is 1.47. The summed E-state index contributed by atoms with van der Waals surface area (Å²) in [6.07, 6.45) is 7.58. The molecule has 1 aromatic rings. The van der Waals surface area contributed by atoms with Gasteiger partial charge in [0, 0.05) is 0 Å². The van der Waals surface area contributed by atoms with Gasteiger partial charge in [0.05, 0.1) is 27.0 Å². The predicted molar refractivity (Wildman–Crippen MR) is 59.5 cm³/mol. The fourth-order valence-corrected chi connectivity index (χ4v) is 1.15. The first-order valence-electron chi connectivity index (χ1n) is 4.55. The fourth-order valence-electron chi connectivity index (χ4n) is 0.770. The van der Waals surface area contributed by atoms with E-state index in [9.17, 15) is 8.42 Å². The quantitative estimate of drug-likeness (QED) is 0.721. The normalized spacial score (nSPS) is 10.4. The summed E-state index contributed by atoms with van der Waals surface area (Å²) in [6.45, 7) is 5.27. The zero-order valence-corrected chi connectivity index (χ0v) is 10.5. The Balaban J connectivity index is 0.000000281. The van der Waals surface area contributed by atoms with Crippen LogP contribution in [0.3, 0.4) is 0 Å².